The number of rotatable bonds is 2. The lowest BCUT2D eigenvalue weighted by Crippen LogP contribution is -2.24. The Morgan fingerprint density at radius 2 is 2.54 bits per heavy atom. The first-order chi connectivity index (χ1) is 6.22. The molecule has 1 aliphatic rings. The summed E-state index contributed by atoms with van der Waals surface area (Å²) in [5.74, 6) is 0.488. The molecular weight excluding hydrogens is 166 g/mol. The molecule has 13 heavy (non-hydrogen) atoms. The lowest BCUT2D eigenvalue weighted by atomic mass is 10.0. The molecule has 0 spiro atoms. The molecule has 3 nitrogen and oxygen atoms in total. The van der Waals surface area contributed by atoms with E-state index in [0.717, 1.165) is 12.1 Å². The van der Waals surface area contributed by atoms with Crippen molar-refractivity contribution < 1.29 is 9.53 Å². The van der Waals surface area contributed by atoms with E-state index in [2.05, 4.69) is 12.2 Å². The van der Waals surface area contributed by atoms with Crippen LogP contribution in [0.5, 0.6) is 0 Å². The number of hydrogen-bond donors (Lipinski definition) is 1. The SMILES string of the molecule is CCOC(=O)NC1=CC(C)CC=C1. The Bertz CT molecular complexity index is 243. The van der Waals surface area contributed by atoms with Crippen LogP contribution in [0.25, 0.3) is 0 Å². The van der Waals surface area contributed by atoms with Gasteiger partial charge in [-0.1, -0.05) is 19.1 Å². The van der Waals surface area contributed by atoms with Crippen LogP contribution in [-0.2, 0) is 4.74 Å². The third-order valence-corrected chi connectivity index (χ3v) is 1.79. The largest absolute Gasteiger partial charge is 0.450 e. The summed E-state index contributed by atoms with van der Waals surface area (Å²) >= 11 is 0. The van der Waals surface area contributed by atoms with Crippen molar-refractivity contribution in [1.82, 2.24) is 5.32 Å². The molecule has 0 fully saturated rings. The molecular formula is C10H15NO2. The van der Waals surface area contributed by atoms with Crippen LogP contribution in [0.1, 0.15) is 20.3 Å². The molecule has 1 unspecified atom stereocenters. The molecule has 0 heterocycles. The minimum atomic E-state index is -0.382. The van der Waals surface area contributed by atoms with Gasteiger partial charge in [0.15, 0.2) is 0 Å². The fourth-order valence-electron chi connectivity index (χ4n) is 1.21. The van der Waals surface area contributed by atoms with Crippen molar-refractivity contribution in [3.63, 3.8) is 0 Å². The summed E-state index contributed by atoms with van der Waals surface area (Å²) in [5.41, 5.74) is 0.831. The highest BCUT2D eigenvalue weighted by Crippen LogP contribution is 2.13. The molecule has 1 N–H and O–H groups in total. The maximum atomic E-state index is 11.0. The molecule has 1 aliphatic carbocycles. The first kappa shape index (κ1) is 9.84. The van der Waals surface area contributed by atoms with Crippen LogP contribution in [-0.4, -0.2) is 12.7 Å². The van der Waals surface area contributed by atoms with Crippen molar-refractivity contribution in [2.24, 2.45) is 5.92 Å². The van der Waals surface area contributed by atoms with E-state index < -0.39 is 0 Å². The number of hydrogen-bond acceptors (Lipinski definition) is 2. The van der Waals surface area contributed by atoms with Gasteiger partial charge in [0.1, 0.15) is 0 Å². The quantitative estimate of drug-likeness (QED) is 0.709. The fraction of sp³-hybridized carbons (Fsp3) is 0.500. The average molecular weight is 181 g/mol. The maximum absolute atomic E-state index is 11.0. The molecule has 0 saturated carbocycles. The van der Waals surface area contributed by atoms with Crippen LogP contribution in [0.2, 0.25) is 0 Å². The predicted octanol–water partition coefficient (Wildman–Crippen LogP) is 2.21. The van der Waals surface area contributed by atoms with Gasteiger partial charge in [-0.3, -0.25) is 5.32 Å². The predicted molar refractivity (Wildman–Crippen MR) is 51.2 cm³/mol. The smallest absolute Gasteiger partial charge is 0.411 e. The van der Waals surface area contributed by atoms with Gasteiger partial charge in [-0.25, -0.2) is 4.79 Å². The molecule has 72 valence electrons. The minimum Gasteiger partial charge on any atom is -0.450 e. The monoisotopic (exact) mass is 181 g/mol. The second-order valence-electron chi connectivity index (χ2n) is 3.08. The number of alkyl carbamates (subject to hydrolysis) is 1. The van der Waals surface area contributed by atoms with E-state index in [1.165, 1.54) is 0 Å². The number of carbonyl (C=O) groups is 1. The summed E-state index contributed by atoms with van der Waals surface area (Å²) in [6.45, 7) is 4.29. The topological polar surface area (TPSA) is 38.3 Å². The first-order valence-corrected chi connectivity index (χ1v) is 4.54. The Morgan fingerprint density at radius 1 is 1.77 bits per heavy atom. The lowest BCUT2D eigenvalue weighted by molar-refractivity contribution is 0.155. The molecule has 0 saturated heterocycles. The summed E-state index contributed by atoms with van der Waals surface area (Å²) < 4.78 is 4.76. The van der Waals surface area contributed by atoms with Crippen molar-refractivity contribution in [1.29, 1.82) is 0 Å². The van der Waals surface area contributed by atoms with Gasteiger partial charge in [0.25, 0.3) is 0 Å². The number of carbonyl (C=O) groups excluding carboxylic acids is 1. The maximum Gasteiger partial charge on any atom is 0.411 e. The van der Waals surface area contributed by atoms with Gasteiger partial charge in [0.05, 0.1) is 6.61 Å². The van der Waals surface area contributed by atoms with Crippen LogP contribution in [0.15, 0.2) is 23.9 Å². The second kappa shape index (κ2) is 4.70. The molecule has 0 bridgehead atoms. The van der Waals surface area contributed by atoms with E-state index in [9.17, 15) is 4.79 Å². The highest BCUT2D eigenvalue weighted by atomic mass is 16.5. The van der Waals surface area contributed by atoms with Crippen molar-refractivity contribution in [2.75, 3.05) is 6.61 Å². The normalized spacial score (nSPS) is 20.8. The van der Waals surface area contributed by atoms with E-state index >= 15 is 0 Å². The molecule has 1 amide bonds. The van der Waals surface area contributed by atoms with E-state index in [1.807, 2.05) is 18.2 Å². The highest BCUT2D eigenvalue weighted by molar-refractivity contribution is 5.70. The van der Waals surface area contributed by atoms with E-state index in [4.69, 9.17) is 4.74 Å². The molecule has 0 aliphatic heterocycles. The van der Waals surface area contributed by atoms with Gasteiger partial charge in [-0.05, 0) is 25.3 Å². The summed E-state index contributed by atoms with van der Waals surface area (Å²) in [5, 5.41) is 2.66. The number of nitrogens with one attached hydrogen (secondary N) is 1. The number of ether oxygens (including phenoxy) is 1. The number of amides is 1. The molecule has 1 rings (SSSR count). The summed E-state index contributed by atoms with van der Waals surface area (Å²) in [6.07, 6.45) is 6.63. The van der Waals surface area contributed by atoms with Gasteiger partial charge in [-0.2, -0.15) is 0 Å². The summed E-state index contributed by atoms with van der Waals surface area (Å²) in [4.78, 5) is 11.0. The van der Waals surface area contributed by atoms with Crippen molar-refractivity contribution in [2.45, 2.75) is 20.3 Å². The van der Waals surface area contributed by atoms with E-state index in [1.54, 1.807) is 6.92 Å². The van der Waals surface area contributed by atoms with Crippen molar-refractivity contribution in [3.8, 4) is 0 Å². The van der Waals surface area contributed by atoms with E-state index in [-0.39, 0.29) is 6.09 Å². The van der Waals surface area contributed by atoms with Crippen LogP contribution < -0.4 is 5.32 Å². The van der Waals surface area contributed by atoms with Crippen LogP contribution in [0, 0.1) is 5.92 Å². The van der Waals surface area contributed by atoms with Crippen LogP contribution in [0.3, 0.4) is 0 Å². The second-order valence-corrected chi connectivity index (χ2v) is 3.08. The molecule has 0 aromatic rings. The van der Waals surface area contributed by atoms with Crippen LogP contribution >= 0.6 is 0 Å². The van der Waals surface area contributed by atoms with Gasteiger partial charge < -0.3 is 4.74 Å². The lowest BCUT2D eigenvalue weighted by Gasteiger charge is -2.12. The summed E-state index contributed by atoms with van der Waals surface area (Å²) in [7, 11) is 0. The third-order valence-electron chi connectivity index (χ3n) is 1.79. The van der Waals surface area contributed by atoms with Crippen molar-refractivity contribution in [3.05, 3.63) is 23.9 Å². The molecule has 0 radical (unpaired) electrons. The molecule has 0 aromatic heterocycles. The Balaban J connectivity index is 2.44. The third kappa shape index (κ3) is 3.32. The zero-order valence-corrected chi connectivity index (χ0v) is 8.04. The highest BCUT2D eigenvalue weighted by Gasteiger charge is 2.07. The number of allylic oxidation sites excluding steroid dienone is 3. The minimum absolute atomic E-state index is 0.382. The standard InChI is InChI=1S/C10H15NO2/c1-3-13-10(12)11-9-6-4-5-8(2)7-9/h4,6-8H,3,5H2,1-2H3,(H,11,12). The Kier molecular flexibility index (Phi) is 3.55. The Hall–Kier alpha value is -1.25. The zero-order chi connectivity index (χ0) is 9.68. The molecule has 0 aromatic carbocycles. The van der Waals surface area contributed by atoms with Gasteiger partial charge >= 0.3 is 6.09 Å². The van der Waals surface area contributed by atoms with Crippen LogP contribution in [0.4, 0.5) is 4.79 Å². The fourth-order valence-corrected chi connectivity index (χ4v) is 1.21. The van der Waals surface area contributed by atoms with Gasteiger partial charge in [0.2, 0.25) is 0 Å². The molecule has 1 atom stereocenters. The van der Waals surface area contributed by atoms with Gasteiger partial charge in [0, 0.05) is 5.70 Å². The van der Waals surface area contributed by atoms with E-state index in [0.29, 0.717) is 12.5 Å². The first-order valence-electron chi connectivity index (χ1n) is 4.54. The summed E-state index contributed by atoms with van der Waals surface area (Å²) in [6, 6.07) is 0. The Labute approximate surface area is 78.5 Å². The Morgan fingerprint density at radius 3 is 3.15 bits per heavy atom. The zero-order valence-electron chi connectivity index (χ0n) is 8.04. The average Bonchev–Trinajstić information content (AvgIpc) is 2.04. The van der Waals surface area contributed by atoms with Gasteiger partial charge in [-0.15, -0.1) is 0 Å². The molecule has 3 heteroatoms. The van der Waals surface area contributed by atoms with Crippen molar-refractivity contribution >= 4 is 6.09 Å².